The minimum absolute atomic E-state index is 0.0428. The van der Waals surface area contributed by atoms with Crippen molar-refractivity contribution in [2.75, 3.05) is 27.2 Å². The van der Waals surface area contributed by atoms with Gasteiger partial charge in [0.2, 0.25) is 0 Å². The number of pyridine rings is 2. The molecule has 56 heavy (non-hydrogen) atoms. The number of aromatic hydroxyl groups is 1. The fourth-order valence-electron chi connectivity index (χ4n) is 9.82. The number of cyclic esters (lactones) is 1. The normalized spacial score (nSPS) is 36.9. The Bertz CT molecular complexity index is 1790. The molecule has 0 aliphatic carbocycles. The molecule has 4 fully saturated rings. The van der Waals surface area contributed by atoms with Crippen molar-refractivity contribution in [3.63, 3.8) is 0 Å². The number of ether oxygens (including phenoxy) is 4. The van der Waals surface area contributed by atoms with E-state index in [1.54, 1.807) is 38.1 Å². The molecule has 4 aliphatic rings. The third kappa shape index (κ3) is 8.03. The average molecular weight is 780 g/mol. The topological polar surface area (TPSA) is 161 Å². The summed E-state index contributed by atoms with van der Waals surface area (Å²) in [6.07, 6.45) is 4.21. The predicted octanol–water partition coefficient (Wildman–Crippen LogP) is 4.98. The third-order valence-electron chi connectivity index (χ3n) is 13.1. The van der Waals surface area contributed by atoms with Crippen LogP contribution >= 0.6 is 0 Å². The summed E-state index contributed by atoms with van der Waals surface area (Å²) in [4.78, 5) is 71.1. The second-order valence-electron chi connectivity index (χ2n) is 17.4. The minimum atomic E-state index is -1.38. The molecule has 14 nitrogen and oxygen atoms in total. The molecule has 1 amide bonds. The largest absolute Gasteiger partial charge is 0.506 e. The van der Waals surface area contributed by atoms with Gasteiger partial charge in [-0.2, -0.15) is 0 Å². The van der Waals surface area contributed by atoms with Gasteiger partial charge < -0.3 is 29.0 Å². The van der Waals surface area contributed by atoms with Gasteiger partial charge in [0.1, 0.15) is 23.6 Å². The maximum atomic E-state index is 14.6. The molecule has 2 aromatic heterocycles. The van der Waals surface area contributed by atoms with Crippen molar-refractivity contribution >= 4 is 34.5 Å². The third-order valence-corrected chi connectivity index (χ3v) is 13.1. The van der Waals surface area contributed by atoms with Gasteiger partial charge in [-0.25, -0.2) is 4.79 Å². The Hall–Kier alpha value is -3.72. The molecule has 1 N–H and O–H groups in total. The first-order valence-electron chi connectivity index (χ1n) is 20.3. The van der Waals surface area contributed by atoms with Crippen LogP contribution in [0.25, 0.3) is 10.9 Å². The van der Waals surface area contributed by atoms with Gasteiger partial charge in [-0.15, -0.1) is 0 Å². The van der Waals surface area contributed by atoms with Gasteiger partial charge in [0, 0.05) is 67.0 Å². The molecule has 6 heterocycles. The number of aromatic nitrogens is 2. The molecule has 308 valence electrons. The lowest BCUT2D eigenvalue weighted by molar-refractivity contribution is -0.236. The van der Waals surface area contributed by atoms with Gasteiger partial charge in [-0.3, -0.25) is 34.2 Å². The van der Waals surface area contributed by atoms with E-state index in [0.29, 0.717) is 44.4 Å². The first kappa shape index (κ1) is 41.9. The number of Topliss-reactive ketones (excluding diaryl/α,β-unsaturated/α-hetero) is 2. The molecule has 4 saturated heterocycles. The van der Waals surface area contributed by atoms with Crippen LogP contribution in [0.4, 0.5) is 4.79 Å². The number of nitrogens with zero attached hydrogens (tertiary/aromatic N) is 5. The zero-order chi connectivity index (χ0) is 40.8. The number of esters is 1. The van der Waals surface area contributed by atoms with Crippen molar-refractivity contribution in [3.05, 3.63) is 30.2 Å². The summed E-state index contributed by atoms with van der Waals surface area (Å²) < 4.78 is 25.3. The van der Waals surface area contributed by atoms with E-state index >= 15 is 0 Å². The Morgan fingerprint density at radius 1 is 0.982 bits per heavy atom. The van der Waals surface area contributed by atoms with Gasteiger partial charge >= 0.3 is 12.1 Å². The number of hydrogen-bond acceptors (Lipinski definition) is 13. The molecule has 0 saturated carbocycles. The van der Waals surface area contributed by atoms with Crippen LogP contribution in [0.3, 0.4) is 0 Å². The van der Waals surface area contributed by atoms with Crippen molar-refractivity contribution in [2.24, 2.45) is 29.6 Å². The number of carbonyl (C=O) groups is 4. The predicted molar refractivity (Wildman–Crippen MR) is 207 cm³/mol. The Balaban J connectivity index is 1.28. The van der Waals surface area contributed by atoms with Gasteiger partial charge in [0.15, 0.2) is 17.7 Å². The van der Waals surface area contributed by atoms with E-state index in [-0.39, 0.29) is 41.4 Å². The summed E-state index contributed by atoms with van der Waals surface area (Å²) >= 11 is 0. The average Bonchev–Trinajstić information content (AvgIpc) is 3.41. The highest BCUT2D eigenvalue weighted by molar-refractivity contribution is 6.00. The Kier molecular flexibility index (Phi) is 12.4. The first-order valence-corrected chi connectivity index (χ1v) is 20.3. The molecule has 12 atom stereocenters. The Labute approximate surface area is 330 Å². The lowest BCUT2D eigenvalue weighted by Gasteiger charge is -2.48. The fraction of sp³-hybridized carbons (Fsp3) is 0.714. The number of ketones is 2. The molecule has 0 bridgehead atoms. The van der Waals surface area contributed by atoms with E-state index in [9.17, 15) is 24.3 Å². The standard InChI is InChI=1S/C42H61N5O9/c1-11-34-42(8)39(47(41(52)56-42)29-19-46(20-29)21-31-30-12-13-43-17-32(30)44-18-33(31)48)26(6)36(49)22(2)14-23(3)38(25(5)37(50)27(7)40(51)54-34)55-35-16-28(45(9)10)15-24(4)53-35/h12-13,17-18,22-29,34-35,38-39,48H,11,14-16,19-21H2,1-10H3/t22-,23+,24-,25+,26+,27-,28+,34-,35+,38+,39-,42-/m1/s1. The summed E-state index contributed by atoms with van der Waals surface area (Å²) in [5.41, 5.74) is 0.0106. The Morgan fingerprint density at radius 2 is 1.70 bits per heavy atom. The maximum Gasteiger partial charge on any atom is 0.411 e. The van der Waals surface area contributed by atoms with Crippen molar-refractivity contribution < 1.29 is 43.2 Å². The molecule has 6 rings (SSSR count). The van der Waals surface area contributed by atoms with Gasteiger partial charge in [0.25, 0.3) is 0 Å². The number of rotatable bonds is 7. The molecule has 14 heteroatoms. The van der Waals surface area contributed by atoms with E-state index in [2.05, 4.69) is 19.8 Å². The van der Waals surface area contributed by atoms with Crippen molar-refractivity contribution in [2.45, 2.75) is 136 Å². The minimum Gasteiger partial charge on any atom is -0.506 e. The zero-order valence-corrected chi connectivity index (χ0v) is 34.6. The first-order chi connectivity index (χ1) is 26.4. The van der Waals surface area contributed by atoms with E-state index in [0.717, 1.165) is 17.4 Å². The van der Waals surface area contributed by atoms with E-state index in [1.807, 2.05) is 54.8 Å². The number of hydrogen-bond donors (Lipinski definition) is 1. The highest BCUT2D eigenvalue weighted by Crippen LogP contribution is 2.44. The fourth-order valence-corrected chi connectivity index (χ4v) is 9.82. The van der Waals surface area contributed by atoms with Crippen LogP contribution in [0, 0.1) is 29.6 Å². The van der Waals surface area contributed by atoms with Crippen LogP contribution in [0.15, 0.2) is 24.7 Å². The van der Waals surface area contributed by atoms with Crippen LogP contribution in [0.2, 0.25) is 0 Å². The quantitative estimate of drug-likeness (QED) is 0.296. The number of amides is 1. The second-order valence-corrected chi connectivity index (χ2v) is 17.4. The van der Waals surface area contributed by atoms with Crippen molar-refractivity contribution in [3.8, 4) is 5.75 Å². The highest BCUT2D eigenvalue weighted by Gasteiger charge is 2.62. The van der Waals surface area contributed by atoms with E-state index in [4.69, 9.17) is 18.9 Å². The molecule has 2 aromatic rings. The molecule has 4 aliphatic heterocycles. The summed E-state index contributed by atoms with van der Waals surface area (Å²) in [5, 5.41) is 11.5. The molecular weight excluding hydrogens is 718 g/mol. The maximum absolute atomic E-state index is 14.6. The van der Waals surface area contributed by atoms with Gasteiger partial charge in [-0.1, -0.05) is 34.6 Å². The summed E-state index contributed by atoms with van der Waals surface area (Å²) in [7, 11) is 4.07. The van der Waals surface area contributed by atoms with Gasteiger partial charge in [0.05, 0.1) is 42.2 Å². The second kappa shape index (κ2) is 16.6. The van der Waals surface area contributed by atoms with Crippen LogP contribution in [0.5, 0.6) is 5.75 Å². The Morgan fingerprint density at radius 3 is 2.38 bits per heavy atom. The van der Waals surface area contributed by atoms with Crippen LogP contribution in [-0.4, -0.2) is 129 Å². The zero-order valence-electron chi connectivity index (χ0n) is 34.6. The number of carbonyl (C=O) groups excluding carboxylic acids is 4. The van der Waals surface area contributed by atoms with Crippen LogP contribution in [0.1, 0.15) is 86.6 Å². The summed E-state index contributed by atoms with van der Waals surface area (Å²) in [6, 6.07) is 1.00. The number of fused-ring (bicyclic) bond motifs is 2. The van der Waals surface area contributed by atoms with Crippen LogP contribution < -0.4 is 0 Å². The van der Waals surface area contributed by atoms with Gasteiger partial charge in [-0.05, 0) is 66.1 Å². The van der Waals surface area contributed by atoms with Crippen molar-refractivity contribution in [1.82, 2.24) is 24.7 Å². The highest BCUT2D eigenvalue weighted by atomic mass is 16.7. The summed E-state index contributed by atoms with van der Waals surface area (Å²) in [6.45, 7) is 16.0. The number of likely N-dealkylation sites (tertiary alicyclic amines) is 1. The molecule has 0 unspecified atom stereocenters. The lowest BCUT2D eigenvalue weighted by atomic mass is 9.74. The smallest absolute Gasteiger partial charge is 0.411 e. The van der Waals surface area contributed by atoms with Crippen molar-refractivity contribution in [1.29, 1.82) is 0 Å². The summed E-state index contributed by atoms with van der Waals surface area (Å²) in [5.74, 6) is -4.18. The monoisotopic (exact) mass is 779 g/mol. The molecule has 0 aromatic carbocycles. The van der Waals surface area contributed by atoms with E-state index in [1.165, 1.54) is 6.20 Å². The lowest BCUT2D eigenvalue weighted by Crippen LogP contribution is -2.65. The molecule has 0 radical (unpaired) electrons. The SMILES string of the molecule is CC[C@H]1OC(=O)[C@H](C)C(=O)[C@H](C)[C@@H](O[C@H]2C[C@@H](N(C)C)C[C@@H](C)O2)[C@@H](C)C[C@@H](C)C(=O)[C@H](C)[C@H]2N(C3CN(Cc4c(O)cnc5cnccc45)C3)C(=O)O[C@]12C. The molecule has 0 spiro atoms. The molecular formula is C42H61N5O9. The van der Waals surface area contributed by atoms with Crippen LogP contribution in [-0.2, 0) is 39.9 Å². The van der Waals surface area contributed by atoms with E-state index < -0.39 is 65.9 Å².